The molecule has 0 aromatic carbocycles. The van der Waals surface area contributed by atoms with E-state index in [1.807, 2.05) is 0 Å². The number of fused-ring (bicyclic) bond motifs is 3. The maximum atomic E-state index is 13.6. The van der Waals surface area contributed by atoms with E-state index in [0.717, 1.165) is 51.4 Å². The van der Waals surface area contributed by atoms with Crippen molar-refractivity contribution in [2.45, 2.75) is 97.5 Å². The third kappa shape index (κ3) is 3.05. The first-order chi connectivity index (χ1) is 14.6. The van der Waals surface area contributed by atoms with Gasteiger partial charge in [-0.15, -0.1) is 0 Å². The number of carbonyl (C=O) groups is 3. The molecule has 0 aromatic rings. The average Bonchev–Trinajstić information content (AvgIpc) is 2.85. The van der Waals surface area contributed by atoms with E-state index in [2.05, 4.69) is 27.4 Å². The Morgan fingerprint density at radius 2 is 1.81 bits per heavy atom. The fourth-order valence-electron chi connectivity index (χ4n) is 8.24. The fourth-order valence-corrected chi connectivity index (χ4v) is 8.24. The standard InChI is InChI=1S/C26H38O5/c1-6-7-15-30-22(29)24(5)12-8-11-23(4)19(24)9-13-25-16-26(31-18(3)27,14-10-20(23)25)17(2)21(25)28/h19-20H,2,6-16H2,1,3-5H3/t19-,20-,23+,24+,25+,26+/m0/s1. The summed E-state index contributed by atoms with van der Waals surface area (Å²) in [6.07, 6.45) is 8.41. The van der Waals surface area contributed by atoms with Crippen molar-refractivity contribution in [1.82, 2.24) is 0 Å². The van der Waals surface area contributed by atoms with E-state index < -0.39 is 16.4 Å². The second-order valence-corrected chi connectivity index (χ2v) is 11.2. The lowest BCUT2D eigenvalue weighted by Crippen LogP contribution is -2.60. The highest BCUT2D eigenvalue weighted by Gasteiger charge is 2.72. The molecule has 0 amide bonds. The summed E-state index contributed by atoms with van der Waals surface area (Å²) >= 11 is 0. The molecule has 0 N–H and O–H groups in total. The van der Waals surface area contributed by atoms with Gasteiger partial charge in [0.05, 0.1) is 12.0 Å². The largest absolute Gasteiger partial charge is 0.465 e. The average molecular weight is 431 g/mol. The minimum absolute atomic E-state index is 0.0555. The van der Waals surface area contributed by atoms with Crippen molar-refractivity contribution >= 4 is 17.7 Å². The molecule has 4 saturated carbocycles. The molecule has 0 aliphatic heterocycles. The zero-order valence-corrected chi connectivity index (χ0v) is 19.7. The van der Waals surface area contributed by atoms with Crippen LogP contribution in [0.25, 0.3) is 0 Å². The molecule has 0 aromatic heterocycles. The monoisotopic (exact) mass is 430 g/mol. The Morgan fingerprint density at radius 1 is 1.10 bits per heavy atom. The Labute approximate surface area is 186 Å². The molecule has 0 saturated heterocycles. The molecule has 31 heavy (non-hydrogen) atoms. The first-order valence-electron chi connectivity index (χ1n) is 12.2. The molecule has 5 heteroatoms. The number of carbonyl (C=O) groups excluding carboxylic acids is 3. The van der Waals surface area contributed by atoms with Crippen LogP contribution in [0.2, 0.25) is 0 Å². The van der Waals surface area contributed by atoms with Gasteiger partial charge in [0, 0.05) is 24.3 Å². The zero-order chi connectivity index (χ0) is 22.7. The third-order valence-corrected chi connectivity index (χ3v) is 9.57. The van der Waals surface area contributed by atoms with Crippen LogP contribution < -0.4 is 0 Å². The van der Waals surface area contributed by atoms with Crippen LogP contribution in [-0.4, -0.2) is 29.9 Å². The normalized spacial score (nSPS) is 43.7. The van der Waals surface area contributed by atoms with Crippen molar-refractivity contribution in [2.24, 2.45) is 28.1 Å². The van der Waals surface area contributed by atoms with E-state index in [1.54, 1.807) is 0 Å². The smallest absolute Gasteiger partial charge is 0.312 e. The van der Waals surface area contributed by atoms with Crippen molar-refractivity contribution in [2.75, 3.05) is 6.61 Å². The number of Topliss-reactive ketones (excluding diaryl/α,β-unsaturated/α-hetero) is 1. The highest BCUT2D eigenvalue weighted by Crippen LogP contribution is 2.72. The van der Waals surface area contributed by atoms with Crippen LogP contribution in [0.4, 0.5) is 0 Å². The highest BCUT2D eigenvalue weighted by atomic mass is 16.6. The van der Waals surface area contributed by atoms with Crippen molar-refractivity contribution in [3.05, 3.63) is 12.2 Å². The molecule has 4 aliphatic rings. The van der Waals surface area contributed by atoms with Crippen molar-refractivity contribution in [3.63, 3.8) is 0 Å². The third-order valence-electron chi connectivity index (χ3n) is 9.57. The summed E-state index contributed by atoms with van der Waals surface area (Å²) in [6, 6.07) is 0. The van der Waals surface area contributed by atoms with Gasteiger partial charge in [-0.3, -0.25) is 14.4 Å². The summed E-state index contributed by atoms with van der Waals surface area (Å²) in [7, 11) is 0. The summed E-state index contributed by atoms with van der Waals surface area (Å²) < 4.78 is 11.5. The van der Waals surface area contributed by atoms with Crippen LogP contribution in [0.1, 0.15) is 91.9 Å². The van der Waals surface area contributed by atoms with Crippen molar-refractivity contribution in [3.8, 4) is 0 Å². The molecule has 0 radical (unpaired) electrons. The second-order valence-electron chi connectivity index (χ2n) is 11.2. The second kappa shape index (κ2) is 7.45. The van der Waals surface area contributed by atoms with Crippen molar-refractivity contribution < 1.29 is 23.9 Å². The number of hydrogen-bond donors (Lipinski definition) is 0. The van der Waals surface area contributed by atoms with Gasteiger partial charge < -0.3 is 9.47 Å². The SMILES string of the molecule is C=C1C(=O)[C@@]23CC[C@H]4[C@@](C)(CCC[C@@]4(C)C(=O)OCCCC)[C@@H]2CC[C@@]1(OC(C)=O)C3. The van der Waals surface area contributed by atoms with Gasteiger partial charge in [0.15, 0.2) is 5.78 Å². The van der Waals surface area contributed by atoms with Gasteiger partial charge in [-0.05, 0) is 69.1 Å². The van der Waals surface area contributed by atoms with Crippen LogP contribution >= 0.6 is 0 Å². The van der Waals surface area contributed by atoms with Gasteiger partial charge in [-0.2, -0.15) is 0 Å². The molecule has 5 nitrogen and oxygen atoms in total. The van der Waals surface area contributed by atoms with E-state index >= 15 is 0 Å². The van der Waals surface area contributed by atoms with Gasteiger partial charge in [0.25, 0.3) is 0 Å². The van der Waals surface area contributed by atoms with E-state index in [9.17, 15) is 14.4 Å². The maximum Gasteiger partial charge on any atom is 0.312 e. The molecule has 4 aliphatic carbocycles. The van der Waals surface area contributed by atoms with Crippen molar-refractivity contribution in [1.29, 1.82) is 0 Å². The molecular formula is C26H38O5. The molecule has 4 rings (SSSR count). The van der Waals surface area contributed by atoms with Crippen LogP contribution in [0.5, 0.6) is 0 Å². The molecule has 2 bridgehead atoms. The number of ketones is 1. The Bertz CT molecular complexity index is 817. The minimum atomic E-state index is -0.820. The Hall–Kier alpha value is -1.65. The number of ether oxygens (including phenoxy) is 2. The number of esters is 2. The fraction of sp³-hybridized carbons (Fsp3) is 0.808. The van der Waals surface area contributed by atoms with E-state index in [4.69, 9.17) is 9.47 Å². The summed E-state index contributed by atoms with van der Waals surface area (Å²) in [5.74, 6) is 0.108. The molecule has 0 unspecified atom stereocenters. The maximum absolute atomic E-state index is 13.6. The lowest BCUT2D eigenvalue weighted by molar-refractivity contribution is -0.195. The number of unbranched alkanes of at least 4 members (excludes halogenated alkanes) is 1. The van der Waals surface area contributed by atoms with Gasteiger partial charge in [0.2, 0.25) is 0 Å². The Balaban J connectivity index is 1.66. The van der Waals surface area contributed by atoms with E-state index in [1.165, 1.54) is 6.92 Å². The summed E-state index contributed by atoms with van der Waals surface area (Å²) in [5, 5.41) is 0. The summed E-state index contributed by atoms with van der Waals surface area (Å²) in [5.41, 5.74) is -1.42. The van der Waals surface area contributed by atoms with Crippen LogP contribution in [-0.2, 0) is 23.9 Å². The Morgan fingerprint density at radius 3 is 2.48 bits per heavy atom. The molecule has 4 fully saturated rings. The predicted octanol–water partition coefficient (Wildman–Crippen LogP) is 5.16. The van der Waals surface area contributed by atoms with Crippen LogP contribution in [0.3, 0.4) is 0 Å². The predicted molar refractivity (Wildman–Crippen MR) is 117 cm³/mol. The van der Waals surface area contributed by atoms with Crippen LogP contribution in [0, 0.1) is 28.1 Å². The van der Waals surface area contributed by atoms with E-state index in [-0.39, 0.29) is 35.0 Å². The zero-order valence-electron chi connectivity index (χ0n) is 19.7. The summed E-state index contributed by atoms with van der Waals surface area (Å²) in [6.45, 7) is 12.5. The van der Waals surface area contributed by atoms with Crippen LogP contribution in [0.15, 0.2) is 12.2 Å². The summed E-state index contributed by atoms with van der Waals surface area (Å²) in [4.78, 5) is 38.7. The quantitative estimate of drug-likeness (QED) is 0.342. The molecule has 172 valence electrons. The molecular weight excluding hydrogens is 392 g/mol. The van der Waals surface area contributed by atoms with Gasteiger partial charge >= 0.3 is 11.9 Å². The number of hydrogen-bond acceptors (Lipinski definition) is 5. The molecule has 0 heterocycles. The molecule has 6 atom stereocenters. The first kappa shape index (κ1) is 22.5. The van der Waals surface area contributed by atoms with Gasteiger partial charge in [-0.25, -0.2) is 0 Å². The first-order valence-corrected chi connectivity index (χ1v) is 12.2. The lowest BCUT2D eigenvalue weighted by Gasteiger charge is -2.63. The van der Waals surface area contributed by atoms with Gasteiger partial charge in [-0.1, -0.05) is 33.3 Å². The highest BCUT2D eigenvalue weighted by molar-refractivity contribution is 6.05. The Kier molecular flexibility index (Phi) is 5.42. The number of rotatable bonds is 5. The molecule has 1 spiro atoms. The topological polar surface area (TPSA) is 69.7 Å². The van der Waals surface area contributed by atoms with Gasteiger partial charge in [0.1, 0.15) is 5.60 Å². The lowest BCUT2D eigenvalue weighted by atomic mass is 9.40. The minimum Gasteiger partial charge on any atom is -0.465 e. The van der Waals surface area contributed by atoms with E-state index in [0.29, 0.717) is 25.0 Å².